The molecule has 0 aliphatic carbocycles. The van der Waals surface area contributed by atoms with Crippen molar-refractivity contribution in [2.75, 3.05) is 46.5 Å². The number of hydrogen-bond donors (Lipinski definition) is 1. The van der Waals surface area contributed by atoms with Crippen molar-refractivity contribution in [2.45, 2.75) is 6.54 Å². The molecule has 0 atom stereocenters. The number of amides is 1. The van der Waals surface area contributed by atoms with Crippen molar-refractivity contribution in [3.8, 4) is 11.4 Å². The second kappa shape index (κ2) is 11.1. The molecule has 1 aliphatic rings. The predicted octanol–water partition coefficient (Wildman–Crippen LogP) is 0.652. The van der Waals surface area contributed by atoms with Gasteiger partial charge in [-0.3, -0.25) is 19.1 Å². The summed E-state index contributed by atoms with van der Waals surface area (Å²) in [5, 5.41) is 6.80. The fourth-order valence-electron chi connectivity index (χ4n) is 3.74. The third kappa shape index (κ3) is 5.81. The first kappa shape index (κ1) is 24.3. The molecule has 1 amide bonds. The number of nitrogens with zero attached hydrogens (tertiary/aromatic N) is 4. The lowest BCUT2D eigenvalue weighted by molar-refractivity contribution is 0.0383. The van der Waals surface area contributed by atoms with Crippen LogP contribution in [0.1, 0.15) is 16.1 Å². The molecule has 2 aromatic carbocycles. The van der Waals surface area contributed by atoms with E-state index < -0.39 is 28.7 Å². The minimum absolute atomic E-state index is 0.220. The molecule has 1 aliphatic heterocycles. The Kier molecular flexibility index (Phi) is 7.68. The number of aromatic nitrogens is 3. The van der Waals surface area contributed by atoms with E-state index in [2.05, 4.69) is 15.3 Å². The molecule has 4 rings (SSSR count). The number of carbonyl (C=O) groups excluding carboxylic acids is 1. The number of nitrogens with one attached hydrogen (secondary N) is 1. The number of carbonyl (C=O) groups is 1. The second-order valence-corrected chi connectivity index (χ2v) is 7.97. The van der Waals surface area contributed by atoms with Gasteiger partial charge in [0.15, 0.2) is 0 Å². The summed E-state index contributed by atoms with van der Waals surface area (Å²) in [6.07, 6.45) is 0. The molecule has 184 valence electrons. The zero-order chi connectivity index (χ0) is 24.8. The monoisotopic (exact) mass is 483 g/mol. The highest BCUT2D eigenvalue weighted by atomic mass is 19.1. The fourth-order valence-corrected chi connectivity index (χ4v) is 3.74. The maximum absolute atomic E-state index is 13.7. The lowest BCUT2D eigenvalue weighted by atomic mass is 10.2. The Labute approximate surface area is 200 Å². The molecular weight excluding hydrogens is 457 g/mol. The van der Waals surface area contributed by atoms with Crippen LogP contribution in [0.25, 0.3) is 5.69 Å². The zero-order valence-electron chi connectivity index (χ0n) is 19.3. The lowest BCUT2D eigenvalue weighted by Crippen LogP contribution is -2.47. The average molecular weight is 484 g/mol. The third-order valence-electron chi connectivity index (χ3n) is 5.64. The third-order valence-corrected chi connectivity index (χ3v) is 5.64. The molecule has 0 saturated carbocycles. The van der Waals surface area contributed by atoms with Crippen LogP contribution in [0, 0.1) is 5.82 Å². The molecule has 0 radical (unpaired) electrons. The Morgan fingerprint density at radius 2 is 1.89 bits per heavy atom. The van der Waals surface area contributed by atoms with Crippen LogP contribution >= 0.6 is 0 Å². The Morgan fingerprint density at radius 3 is 2.57 bits per heavy atom. The molecule has 1 N–H and O–H groups in total. The van der Waals surface area contributed by atoms with Crippen molar-refractivity contribution in [2.24, 2.45) is 0 Å². The molecule has 0 bridgehead atoms. The molecule has 1 fully saturated rings. The van der Waals surface area contributed by atoms with Crippen LogP contribution in [0.2, 0.25) is 0 Å². The summed E-state index contributed by atoms with van der Waals surface area (Å²) in [7, 11) is 1.51. The SMILES string of the molecule is COc1ccc(-n2nc(C(=O)NCCN3CCOCC3)c(=O)n(Cc3cccc(F)c3)c2=O)cc1. The standard InChI is InChI=1S/C24H26FN5O5/c1-34-20-7-5-19(6-8-20)30-24(33)29(16-17-3-2-4-18(25)15-17)23(32)21(27-30)22(31)26-9-10-28-11-13-35-14-12-28/h2-8,15H,9-14,16H2,1H3,(H,26,31). The van der Waals surface area contributed by atoms with Crippen LogP contribution in [0.5, 0.6) is 5.75 Å². The van der Waals surface area contributed by atoms with E-state index in [0.717, 1.165) is 22.3 Å². The van der Waals surface area contributed by atoms with Crippen LogP contribution in [0.15, 0.2) is 58.1 Å². The molecule has 1 aromatic heterocycles. The van der Waals surface area contributed by atoms with Gasteiger partial charge < -0.3 is 14.8 Å². The highest BCUT2D eigenvalue weighted by Crippen LogP contribution is 2.13. The van der Waals surface area contributed by atoms with Gasteiger partial charge in [0, 0.05) is 26.2 Å². The summed E-state index contributed by atoms with van der Waals surface area (Å²) in [5.41, 5.74) is -1.30. The molecule has 0 spiro atoms. The maximum atomic E-state index is 13.7. The Bertz CT molecular complexity index is 1300. The van der Waals surface area contributed by atoms with Gasteiger partial charge in [-0.05, 0) is 42.0 Å². The van der Waals surface area contributed by atoms with Crippen molar-refractivity contribution in [1.82, 2.24) is 24.6 Å². The summed E-state index contributed by atoms with van der Waals surface area (Å²) in [6, 6.07) is 12.0. The van der Waals surface area contributed by atoms with Crippen molar-refractivity contribution in [3.05, 3.63) is 86.4 Å². The number of rotatable bonds is 8. The van der Waals surface area contributed by atoms with E-state index in [1.807, 2.05) is 0 Å². The van der Waals surface area contributed by atoms with E-state index in [9.17, 15) is 18.8 Å². The van der Waals surface area contributed by atoms with Gasteiger partial charge in [-0.2, -0.15) is 9.78 Å². The van der Waals surface area contributed by atoms with E-state index in [4.69, 9.17) is 9.47 Å². The van der Waals surface area contributed by atoms with Gasteiger partial charge in [0.05, 0.1) is 32.6 Å². The van der Waals surface area contributed by atoms with Crippen LogP contribution in [0.3, 0.4) is 0 Å². The lowest BCUT2D eigenvalue weighted by Gasteiger charge is -2.26. The van der Waals surface area contributed by atoms with Crippen molar-refractivity contribution in [3.63, 3.8) is 0 Å². The van der Waals surface area contributed by atoms with E-state index in [1.165, 1.54) is 25.3 Å². The van der Waals surface area contributed by atoms with Gasteiger partial charge in [0.2, 0.25) is 5.69 Å². The van der Waals surface area contributed by atoms with Gasteiger partial charge >= 0.3 is 5.69 Å². The largest absolute Gasteiger partial charge is 0.497 e. The quantitative estimate of drug-likeness (QED) is 0.501. The van der Waals surface area contributed by atoms with Crippen LogP contribution < -0.4 is 21.3 Å². The number of benzene rings is 2. The number of morpholine rings is 1. The number of halogens is 1. The normalized spacial score (nSPS) is 14.0. The molecule has 3 aromatic rings. The molecule has 1 saturated heterocycles. The molecule has 2 heterocycles. The summed E-state index contributed by atoms with van der Waals surface area (Å²) in [5.74, 6) is -0.629. The van der Waals surface area contributed by atoms with Gasteiger partial charge in [0.25, 0.3) is 11.5 Å². The first-order chi connectivity index (χ1) is 17.0. The first-order valence-electron chi connectivity index (χ1n) is 11.2. The Balaban J connectivity index is 1.67. The number of methoxy groups -OCH3 is 1. The average Bonchev–Trinajstić information content (AvgIpc) is 2.87. The van der Waals surface area contributed by atoms with Gasteiger partial charge in [0.1, 0.15) is 11.6 Å². The Morgan fingerprint density at radius 1 is 1.14 bits per heavy atom. The molecule has 11 heteroatoms. The highest BCUT2D eigenvalue weighted by molar-refractivity contribution is 5.91. The van der Waals surface area contributed by atoms with E-state index in [0.29, 0.717) is 43.3 Å². The summed E-state index contributed by atoms with van der Waals surface area (Å²) < 4.78 is 26.0. The smallest absolute Gasteiger partial charge is 0.352 e. The predicted molar refractivity (Wildman–Crippen MR) is 126 cm³/mol. The second-order valence-electron chi connectivity index (χ2n) is 7.97. The molecule has 0 unspecified atom stereocenters. The van der Waals surface area contributed by atoms with Crippen molar-refractivity contribution >= 4 is 5.91 Å². The van der Waals surface area contributed by atoms with Crippen molar-refractivity contribution in [1.29, 1.82) is 0 Å². The minimum Gasteiger partial charge on any atom is -0.497 e. The van der Waals surface area contributed by atoms with Crippen LogP contribution in [-0.2, 0) is 11.3 Å². The zero-order valence-corrected chi connectivity index (χ0v) is 19.3. The van der Waals surface area contributed by atoms with E-state index in [1.54, 1.807) is 30.3 Å². The van der Waals surface area contributed by atoms with E-state index in [-0.39, 0.29) is 6.54 Å². The molecule has 10 nitrogen and oxygen atoms in total. The molecule has 35 heavy (non-hydrogen) atoms. The van der Waals surface area contributed by atoms with Crippen LogP contribution in [-0.4, -0.2) is 71.7 Å². The fraction of sp³-hybridized carbons (Fsp3) is 0.333. The van der Waals surface area contributed by atoms with Gasteiger partial charge in [-0.15, -0.1) is 0 Å². The topological polar surface area (TPSA) is 108 Å². The maximum Gasteiger partial charge on any atom is 0.352 e. The van der Waals surface area contributed by atoms with Crippen molar-refractivity contribution < 1.29 is 18.7 Å². The highest BCUT2D eigenvalue weighted by Gasteiger charge is 2.21. The number of hydrogen-bond acceptors (Lipinski definition) is 7. The summed E-state index contributed by atoms with van der Waals surface area (Å²) >= 11 is 0. The minimum atomic E-state index is -0.854. The van der Waals surface area contributed by atoms with E-state index >= 15 is 0 Å². The first-order valence-corrected chi connectivity index (χ1v) is 11.2. The number of ether oxygens (including phenoxy) is 2. The van der Waals surface area contributed by atoms with Crippen LogP contribution in [0.4, 0.5) is 4.39 Å². The summed E-state index contributed by atoms with van der Waals surface area (Å²) in [4.78, 5) is 41.4. The molecular formula is C24H26FN5O5. The summed E-state index contributed by atoms with van der Waals surface area (Å²) in [6.45, 7) is 3.45. The van der Waals surface area contributed by atoms with Gasteiger partial charge in [-0.1, -0.05) is 12.1 Å². The van der Waals surface area contributed by atoms with Gasteiger partial charge in [-0.25, -0.2) is 9.18 Å². The Hall–Kier alpha value is -3.83.